The Kier molecular flexibility index (Phi) is 4.89. The first-order valence-electron chi connectivity index (χ1n) is 5.34. The molecule has 0 aliphatic heterocycles. The molecule has 0 aromatic heterocycles. The molecule has 0 saturated heterocycles. The van der Waals surface area contributed by atoms with Crippen LogP contribution >= 0.6 is 0 Å². The van der Waals surface area contributed by atoms with Gasteiger partial charge in [0.2, 0.25) is 0 Å². The Bertz CT molecular complexity index is 427. The number of unbranched alkanes of at least 4 members (excludes halogenated alkanes) is 1. The minimum absolute atomic E-state index is 0.323. The zero-order chi connectivity index (χ0) is 11.8. The third-order valence-electron chi connectivity index (χ3n) is 2.20. The van der Waals surface area contributed by atoms with Gasteiger partial charge in [-0.15, -0.1) is 0 Å². The summed E-state index contributed by atoms with van der Waals surface area (Å²) in [5.41, 5.74) is 1.35. The molecule has 0 bridgehead atoms. The molecule has 0 aliphatic carbocycles. The maximum absolute atomic E-state index is 8.95. The number of hydrogen-bond acceptors (Lipinski definition) is 3. The Morgan fingerprint density at radius 3 is 2.75 bits per heavy atom. The molecule has 0 spiro atoms. The first-order chi connectivity index (χ1) is 7.81. The molecule has 0 heterocycles. The Morgan fingerprint density at radius 1 is 1.31 bits per heavy atom. The zero-order valence-electron chi connectivity index (χ0n) is 9.36. The van der Waals surface area contributed by atoms with E-state index < -0.39 is 0 Å². The fourth-order valence-electron chi connectivity index (χ4n) is 1.32. The summed E-state index contributed by atoms with van der Waals surface area (Å²) in [6.45, 7) is 2.72. The molecule has 1 aromatic carbocycles. The van der Waals surface area contributed by atoms with Gasteiger partial charge in [-0.1, -0.05) is 19.4 Å². The van der Waals surface area contributed by atoms with Gasteiger partial charge in [-0.3, -0.25) is 0 Å². The van der Waals surface area contributed by atoms with E-state index in [1.54, 1.807) is 12.1 Å². The van der Waals surface area contributed by atoms with E-state index in [1.165, 1.54) is 0 Å². The molecule has 0 atom stereocenters. The number of nitrogens with zero attached hydrogens (tertiary/aromatic N) is 2. The van der Waals surface area contributed by atoms with Crippen LogP contribution in [0.5, 0.6) is 5.75 Å². The second kappa shape index (κ2) is 6.48. The predicted octanol–water partition coefficient (Wildman–Crippen LogP) is 2.80. The molecule has 0 radical (unpaired) electrons. The maximum Gasteiger partial charge on any atom is 0.137 e. The van der Waals surface area contributed by atoms with Gasteiger partial charge in [-0.25, -0.2) is 0 Å². The summed E-state index contributed by atoms with van der Waals surface area (Å²) in [6.07, 6.45) is 2.36. The van der Waals surface area contributed by atoms with Gasteiger partial charge in [0.05, 0.1) is 24.7 Å². The van der Waals surface area contributed by atoms with Crippen molar-refractivity contribution in [1.29, 1.82) is 10.5 Å². The minimum Gasteiger partial charge on any atom is -0.492 e. The van der Waals surface area contributed by atoms with E-state index in [0.29, 0.717) is 24.3 Å². The predicted molar refractivity (Wildman–Crippen MR) is 60.9 cm³/mol. The second-order valence-corrected chi connectivity index (χ2v) is 3.48. The zero-order valence-corrected chi connectivity index (χ0v) is 9.36. The lowest BCUT2D eigenvalue weighted by Crippen LogP contribution is -1.99. The van der Waals surface area contributed by atoms with Gasteiger partial charge in [-0.05, 0) is 24.1 Å². The van der Waals surface area contributed by atoms with E-state index in [9.17, 15) is 0 Å². The molecule has 0 N–H and O–H groups in total. The number of nitriles is 2. The molecule has 1 aromatic rings. The lowest BCUT2D eigenvalue weighted by Gasteiger charge is -2.07. The molecule has 3 nitrogen and oxygen atoms in total. The highest BCUT2D eigenvalue weighted by Crippen LogP contribution is 2.19. The summed E-state index contributed by atoms with van der Waals surface area (Å²) in [6, 6.07) is 9.45. The summed E-state index contributed by atoms with van der Waals surface area (Å²) in [5.74, 6) is 0.609. The van der Waals surface area contributed by atoms with Crippen LogP contribution in [0.2, 0.25) is 0 Å². The van der Waals surface area contributed by atoms with Crippen molar-refractivity contribution in [3.05, 3.63) is 29.3 Å². The highest BCUT2D eigenvalue weighted by atomic mass is 16.5. The topological polar surface area (TPSA) is 56.8 Å². The van der Waals surface area contributed by atoms with E-state index in [4.69, 9.17) is 15.3 Å². The van der Waals surface area contributed by atoms with Gasteiger partial charge >= 0.3 is 0 Å². The summed E-state index contributed by atoms with van der Waals surface area (Å²) in [7, 11) is 0. The van der Waals surface area contributed by atoms with Crippen LogP contribution in [-0.4, -0.2) is 6.61 Å². The molecule has 0 fully saturated rings. The van der Waals surface area contributed by atoms with E-state index in [-0.39, 0.29) is 0 Å². The van der Waals surface area contributed by atoms with E-state index >= 15 is 0 Å². The molecule has 0 amide bonds. The van der Waals surface area contributed by atoms with Crippen LogP contribution < -0.4 is 4.74 Å². The average molecular weight is 214 g/mol. The fourth-order valence-corrected chi connectivity index (χ4v) is 1.32. The first-order valence-corrected chi connectivity index (χ1v) is 5.34. The first kappa shape index (κ1) is 12.1. The Labute approximate surface area is 95.9 Å². The SMILES string of the molecule is CCCCOc1ccc(CC#N)cc1C#N. The van der Waals surface area contributed by atoms with Crippen LogP contribution in [0.4, 0.5) is 0 Å². The fraction of sp³-hybridized carbons (Fsp3) is 0.385. The molecular weight excluding hydrogens is 200 g/mol. The minimum atomic E-state index is 0.323. The van der Waals surface area contributed by atoms with E-state index in [0.717, 1.165) is 18.4 Å². The Hall–Kier alpha value is -2.00. The number of hydrogen-bond donors (Lipinski definition) is 0. The summed E-state index contributed by atoms with van der Waals surface area (Å²) >= 11 is 0. The Morgan fingerprint density at radius 2 is 2.12 bits per heavy atom. The molecule has 82 valence electrons. The third kappa shape index (κ3) is 3.29. The van der Waals surface area contributed by atoms with Crippen molar-refractivity contribution in [3.8, 4) is 17.9 Å². The van der Waals surface area contributed by atoms with Crippen molar-refractivity contribution < 1.29 is 4.74 Å². The van der Waals surface area contributed by atoms with Gasteiger partial charge in [-0.2, -0.15) is 10.5 Å². The van der Waals surface area contributed by atoms with Crippen LogP contribution in [0.15, 0.2) is 18.2 Å². The standard InChI is InChI=1S/C13H14N2O/c1-2-3-8-16-13-5-4-11(6-7-14)9-12(13)10-15/h4-5,9H,2-3,6,8H2,1H3. The van der Waals surface area contributed by atoms with Crippen LogP contribution in [0.3, 0.4) is 0 Å². The van der Waals surface area contributed by atoms with Crippen LogP contribution in [0.25, 0.3) is 0 Å². The van der Waals surface area contributed by atoms with Crippen molar-refractivity contribution in [1.82, 2.24) is 0 Å². The molecule has 0 saturated carbocycles. The average Bonchev–Trinajstić information content (AvgIpc) is 2.31. The van der Waals surface area contributed by atoms with Gasteiger partial charge < -0.3 is 4.74 Å². The van der Waals surface area contributed by atoms with Crippen LogP contribution in [0, 0.1) is 22.7 Å². The lowest BCUT2D eigenvalue weighted by atomic mass is 10.1. The third-order valence-corrected chi connectivity index (χ3v) is 2.20. The van der Waals surface area contributed by atoms with Crippen molar-refractivity contribution in [3.63, 3.8) is 0 Å². The summed E-state index contributed by atoms with van der Waals surface area (Å²) < 4.78 is 5.50. The van der Waals surface area contributed by atoms with Crippen molar-refractivity contribution in [2.45, 2.75) is 26.2 Å². The van der Waals surface area contributed by atoms with Gasteiger partial charge in [0, 0.05) is 0 Å². The van der Waals surface area contributed by atoms with E-state index in [2.05, 4.69) is 19.1 Å². The molecule has 16 heavy (non-hydrogen) atoms. The van der Waals surface area contributed by atoms with Crippen molar-refractivity contribution in [2.75, 3.05) is 6.61 Å². The normalized spacial score (nSPS) is 9.19. The van der Waals surface area contributed by atoms with Crippen LogP contribution in [-0.2, 0) is 6.42 Å². The Balaban J connectivity index is 2.78. The monoisotopic (exact) mass is 214 g/mol. The van der Waals surface area contributed by atoms with Crippen molar-refractivity contribution >= 4 is 0 Å². The second-order valence-electron chi connectivity index (χ2n) is 3.48. The largest absolute Gasteiger partial charge is 0.492 e. The maximum atomic E-state index is 8.95. The molecule has 1 rings (SSSR count). The number of rotatable bonds is 5. The van der Waals surface area contributed by atoms with Gasteiger partial charge in [0.25, 0.3) is 0 Å². The highest BCUT2D eigenvalue weighted by Gasteiger charge is 2.04. The van der Waals surface area contributed by atoms with E-state index in [1.807, 2.05) is 6.07 Å². The molecule has 3 heteroatoms. The molecule has 0 unspecified atom stereocenters. The lowest BCUT2D eigenvalue weighted by molar-refractivity contribution is 0.308. The van der Waals surface area contributed by atoms with Crippen LogP contribution in [0.1, 0.15) is 30.9 Å². The summed E-state index contributed by atoms with van der Waals surface area (Å²) in [4.78, 5) is 0. The quantitative estimate of drug-likeness (QED) is 0.708. The number of ether oxygens (including phenoxy) is 1. The molecular formula is C13H14N2O. The summed E-state index contributed by atoms with van der Waals surface area (Å²) in [5, 5.41) is 17.5. The number of benzene rings is 1. The van der Waals surface area contributed by atoms with Gasteiger partial charge in [0.1, 0.15) is 11.8 Å². The van der Waals surface area contributed by atoms with Crippen molar-refractivity contribution in [2.24, 2.45) is 0 Å². The van der Waals surface area contributed by atoms with Gasteiger partial charge in [0.15, 0.2) is 0 Å². The smallest absolute Gasteiger partial charge is 0.137 e. The molecule has 0 aliphatic rings. The highest BCUT2D eigenvalue weighted by molar-refractivity contribution is 5.45.